The zero-order chi connectivity index (χ0) is 23.0. The molecule has 0 atom stereocenters. The molecule has 0 aromatic heterocycles. The normalized spacial score (nSPS) is 11.0. The molecule has 0 fully saturated rings. The molecule has 0 radical (unpaired) electrons. The fourth-order valence-corrected chi connectivity index (χ4v) is 3.56. The average molecular weight is 479 g/mol. The molecule has 4 aromatic carbocycles. The number of halogens is 2. The Morgan fingerprint density at radius 3 is 2.45 bits per heavy atom. The first-order chi connectivity index (χ1) is 16.1. The van der Waals surface area contributed by atoms with Gasteiger partial charge in [0.15, 0.2) is 6.61 Å². The van der Waals surface area contributed by atoms with Crippen LogP contribution in [0.5, 0.6) is 11.5 Å². The van der Waals surface area contributed by atoms with E-state index in [0.29, 0.717) is 22.4 Å². The van der Waals surface area contributed by atoms with Crippen LogP contribution < -0.4 is 14.9 Å². The van der Waals surface area contributed by atoms with Crippen molar-refractivity contribution in [2.75, 3.05) is 6.61 Å². The molecule has 0 aliphatic rings. The largest absolute Gasteiger partial charge is 0.489 e. The van der Waals surface area contributed by atoms with Gasteiger partial charge < -0.3 is 9.47 Å². The van der Waals surface area contributed by atoms with E-state index in [1.807, 2.05) is 36.4 Å². The van der Waals surface area contributed by atoms with E-state index in [9.17, 15) is 4.79 Å². The van der Waals surface area contributed by atoms with Gasteiger partial charge in [0.05, 0.1) is 11.2 Å². The van der Waals surface area contributed by atoms with Crippen molar-refractivity contribution in [2.45, 2.75) is 6.61 Å². The van der Waals surface area contributed by atoms with E-state index in [4.69, 9.17) is 32.7 Å². The molecule has 7 heteroatoms. The van der Waals surface area contributed by atoms with Crippen molar-refractivity contribution in [3.8, 4) is 11.5 Å². The van der Waals surface area contributed by atoms with Crippen molar-refractivity contribution in [1.82, 2.24) is 5.43 Å². The molecule has 4 rings (SSSR count). The van der Waals surface area contributed by atoms with Crippen molar-refractivity contribution in [2.24, 2.45) is 5.10 Å². The molecule has 5 nitrogen and oxygen atoms in total. The van der Waals surface area contributed by atoms with Gasteiger partial charge in [0.25, 0.3) is 5.91 Å². The number of hydrogen-bond acceptors (Lipinski definition) is 4. The van der Waals surface area contributed by atoms with E-state index in [0.717, 1.165) is 16.9 Å². The molecule has 4 aromatic rings. The van der Waals surface area contributed by atoms with Gasteiger partial charge in [-0.15, -0.1) is 0 Å². The summed E-state index contributed by atoms with van der Waals surface area (Å²) in [4.78, 5) is 11.9. The van der Waals surface area contributed by atoms with Gasteiger partial charge in [-0.1, -0.05) is 59.6 Å². The Morgan fingerprint density at radius 1 is 0.879 bits per heavy atom. The maximum absolute atomic E-state index is 11.9. The number of rotatable bonds is 8. The summed E-state index contributed by atoms with van der Waals surface area (Å²) < 4.78 is 11.2. The van der Waals surface area contributed by atoms with Crippen LogP contribution in [0.2, 0.25) is 10.0 Å². The zero-order valence-electron chi connectivity index (χ0n) is 17.5. The van der Waals surface area contributed by atoms with Crippen LogP contribution in [0.1, 0.15) is 11.1 Å². The lowest BCUT2D eigenvalue weighted by atomic mass is 10.1. The van der Waals surface area contributed by atoms with Crippen LogP contribution in [0.3, 0.4) is 0 Å². The second-order valence-electron chi connectivity index (χ2n) is 7.20. The molecule has 0 aliphatic heterocycles. The van der Waals surface area contributed by atoms with Gasteiger partial charge in [0.1, 0.15) is 18.1 Å². The lowest BCUT2D eigenvalue weighted by Gasteiger charge is -2.08. The molecule has 0 saturated heterocycles. The van der Waals surface area contributed by atoms with Gasteiger partial charge in [-0.05, 0) is 70.4 Å². The molecule has 0 spiro atoms. The third-order valence-corrected chi connectivity index (χ3v) is 5.29. The standard InChI is InChI=1S/C26H20Cl2N2O3/c27-22-9-12-25(24(28)14-22)33-17-26(31)30-29-15-18-6-10-23(11-7-18)32-16-19-5-8-20-3-1-2-4-21(20)13-19/h1-15H,16-17H2,(H,30,31)/b29-15-. The minimum atomic E-state index is -0.410. The summed E-state index contributed by atoms with van der Waals surface area (Å²) in [6.07, 6.45) is 1.54. The summed E-state index contributed by atoms with van der Waals surface area (Å²) in [5.41, 5.74) is 4.33. The number of nitrogens with one attached hydrogen (secondary N) is 1. The number of hydrogen-bond donors (Lipinski definition) is 1. The number of carbonyl (C=O) groups excluding carboxylic acids is 1. The second-order valence-corrected chi connectivity index (χ2v) is 8.04. The number of hydrazone groups is 1. The van der Waals surface area contributed by atoms with Crippen LogP contribution in [0.15, 0.2) is 90.0 Å². The van der Waals surface area contributed by atoms with Crippen molar-refractivity contribution in [3.05, 3.63) is 106 Å². The fourth-order valence-electron chi connectivity index (χ4n) is 3.09. The number of benzene rings is 4. The van der Waals surface area contributed by atoms with Gasteiger partial charge in [-0.2, -0.15) is 5.10 Å². The number of nitrogens with zero attached hydrogens (tertiary/aromatic N) is 1. The SMILES string of the molecule is O=C(COc1ccc(Cl)cc1Cl)N/N=C\c1ccc(OCc2ccc3ccccc3c2)cc1. The van der Waals surface area contributed by atoms with E-state index in [2.05, 4.69) is 40.9 Å². The topological polar surface area (TPSA) is 59.9 Å². The van der Waals surface area contributed by atoms with Crippen molar-refractivity contribution in [1.29, 1.82) is 0 Å². The molecular weight excluding hydrogens is 459 g/mol. The Kier molecular flexibility index (Phi) is 7.45. The van der Waals surface area contributed by atoms with Gasteiger partial charge in [0, 0.05) is 5.02 Å². The van der Waals surface area contributed by atoms with Crippen molar-refractivity contribution in [3.63, 3.8) is 0 Å². The maximum Gasteiger partial charge on any atom is 0.277 e. The lowest BCUT2D eigenvalue weighted by molar-refractivity contribution is -0.123. The summed E-state index contributed by atoms with van der Waals surface area (Å²) in [6.45, 7) is 0.256. The molecule has 0 saturated carbocycles. The first-order valence-corrected chi connectivity index (χ1v) is 10.9. The lowest BCUT2D eigenvalue weighted by Crippen LogP contribution is -2.24. The molecule has 33 heavy (non-hydrogen) atoms. The van der Waals surface area contributed by atoms with Crippen LogP contribution in [-0.2, 0) is 11.4 Å². The van der Waals surface area contributed by atoms with Crippen LogP contribution >= 0.6 is 23.2 Å². The summed E-state index contributed by atoms with van der Waals surface area (Å²) in [6, 6.07) is 26.7. The smallest absolute Gasteiger partial charge is 0.277 e. The quantitative estimate of drug-likeness (QED) is 0.240. The van der Waals surface area contributed by atoms with Crippen molar-refractivity contribution < 1.29 is 14.3 Å². The highest BCUT2D eigenvalue weighted by atomic mass is 35.5. The van der Waals surface area contributed by atoms with Crippen LogP contribution in [0.25, 0.3) is 10.8 Å². The summed E-state index contributed by atoms with van der Waals surface area (Å²) >= 11 is 11.8. The summed E-state index contributed by atoms with van der Waals surface area (Å²) in [7, 11) is 0. The van der Waals surface area contributed by atoms with E-state index < -0.39 is 5.91 Å². The molecule has 0 heterocycles. The Bertz CT molecular complexity index is 1290. The third-order valence-electron chi connectivity index (χ3n) is 4.76. The minimum Gasteiger partial charge on any atom is -0.489 e. The second kappa shape index (κ2) is 10.9. The van der Waals surface area contributed by atoms with Gasteiger partial charge in [-0.25, -0.2) is 5.43 Å². The predicted octanol–water partition coefficient (Wildman–Crippen LogP) is 6.25. The Morgan fingerprint density at radius 2 is 1.67 bits per heavy atom. The number of fused-ring (bicyclic) bond motifs is 1. The van der Waals surface area contributed by atoms with E-state index in [1.165, 1.54) is 10.8 Å². The molecule has 0 aliphatic carbocycles. The number of ether oxygens (including phenoxy) is 2. The van der Waals surface area contributed by atoms with Crippen LogP contribution in [-0.4, -0.2) is 18.7 Å². The number of carbonyl (C=O) groups is 1. The minimum absolute atomic E-state index is 0.222. The first kappa shape index (κ1) is 22.6. The highest BCUT2D eigenvalue weighted by molar-refractivity contribution is 6.35. The van der Waals surface area contributed by atoms with Crippen LogP contribution in [0, 0.1) is 0 Å². The summed E-state index contributed by atoms with van der Waals surface area (Å²) in [5.74, 6) is 0.713. The molecule has 1 amide bonds. The highest BCUT2D eigenvalue weighted by Gasteiger charge is 2.06. The third kappa shape index (κ3) is 6.48. The maximum atomic E-state index is 11.9. The van der Waals surface area contributed by atoms with Gasteiger partial charge in [-0.3, -0.25) is 4.79 Å². The predicted molar refractivity (Wildman–Crippen MR) is 132 cm³/mol. The van der Waals surface area contributed by atoms with E-state index in [1.54, 1.807) is 24.4 Å². The van der Waals surface area contributed by atoms with Crippen LogP contribution in [0.4, 0.5) is 0 Å². The molecule has 0 bridgehead atoms. The fraction of sp³-hybridized carbons (Fsp3) is 0.0769. The molecule has 1 N–H and O–H groups in total. The molecule has 166 valence electrons. The average Bonchev–Trinajstić information content (AvgIpc) is 2.83. The first-order valence-electron chi connectivity index (χ1n) is 10.2. The highest BCUT2D eigenvalue weighted by Crippen LogP contribution is 2.27. The van der Waals surface area contributed by atoms with Gasteiger partial charge in [0.2, 0.25) is 0 Å². The monoisotopic (exact) mass is 478 g/mol. The van der Waals surface area contributed by atoms with Gasteiger partial charge >= 0.3 is 0 Å². The zero-order valence-corrected chi connectivity index (χ0v) is 19.0. The Balaban J connectivity index is 1.24. The molecule has 0 unspecified atom stereocenters. The van der Waals surface area contributed by atoms with E-state index >= 15 is 0 Å². The summed E-state index contributed by atoms with van der Waals surface area (Å²) in [5, 5.41) is 7.16. The Hall–Kier alpha value is -3.54. The number of amides is 1. The van der Waals surface area contributed by atoms with E-state index in [-0.39, 0.29) is 6.61 Å². The Labute approximate surface area is 201 Å². The van der Waals surface area contributed by atoms with Crippen molar-refractivity contribution >= 4 is 46.1 Å². The molecular formula is C26H20Cl2N2O3.